The van der Waals surface area contributed by atoms with Crippen LogP contribution < -0.4 is 10.1 Å². The summed E-state index contributed by atoms with van der Waals surface area (Å²) in [4.78, 5) is 15.6. The normalized spacial score (nSPS) is 10.4. The second kappa shape index (κ2) is 7.33. The first-order valence-electron chi connectivity index (χ1n) is 6.37. The van der Waals surface area contributed by atoms with Crippen LogP contribution in [0.5, 0.6) is 5.75 Å². The second-order valence-electron chi connectivity index (χ2n) is 4.31. The monoisotopic (exact) mass is 292 g/mol. The molecule has 1 aromatic carbocycles. The number of anilines is 1. The summed E-state index contributed by atoms with van der Waals surface area (Å²) in [5, 5.41) is 2.75. The molecule has 21 heavy (non-hydrogen) atoms. The Kier molecular flexibility index (Phi) is 5.20. The van der Waals surface area contributed by atoms with Gasteiger partial charge in [0.25, 0.3) is 0 Å². The molecule has 0 aliphatic rings. The molecule has 0 fully saturated rings. The molecule has 0 aliphatic heterocycles. The fraction of sp³-hybridized carbons (Fsp3) is 0.200. The van der Waals surface area contributed by atoms with Crippen molar-refractivity contribution in [1.82, 2.24) is 4.98 Å². The summed E-state index contributed by atoms with van der Waals surface area (Å²) < 4.78 is 28.3. The Morgan fingerprint density at radius 1 is 1.14 bits per heavy atom. The van der Waals surface area contributed by atoms with E-state index in [9.17, 15) is 13.6 Å². The second-order valence-corrected chi connectivity index (χ2v) is 4.31. The van der Waals surface area contributed by atoms with Crippen LogP contribution in [0.25, 0.3) is 0 Å². The zero-order chi connectivity index (χ0) is 15.1. The van der Waals surface area contributed by atoms with Gasteiger partial charge in [-0.15, -0.1) is 0 Å². The quantitative estimate of drug-likeness (QED) is 0.889. The van der Waals surface area contributed by atoms with Crippen LogP contribution >= 0.6 is 0 Å². The smallest absolute Gasteiger partial charge is 0.387 e. The molecule has 2 aromatic rings. The maximum atomic E-state index is 12.0. The van der Waals surface area contributed by atoms with Crippen LogP contribution in [-0.2, 0) is 11.2 Å². The highest BCUT2D eigenvalue weighted by atomic mass is 19.3. The molecule has 0 atom stereocenters. The first kappa shape index (κ1) is 14.9. The van der Waals surface area contributed by atoms with Gasteiger partial charge >= 0.3 is 6.61 Å². The van der Waals surface area contributed by atoms with Crippen molar-refractivity contribution in [2.24, 2.45) is 0 Å². The molecular formula is C15H14F2N2O2. The van der Waals surface area contributed by atoms with Crippen molar-refractivity contribution in [3.63, 3.8) is 0 Å². The van der Waals surface area contributed by atoms with Crippen LogP contribution in [0, 0.1) is 0 Å². The SMILES string of the molecule is O=C(CCc1ccc(OC(F)F)cc1)Nc1ccncc1. The van der Waals surface area contributed by atoms with Crippen LogP contribution in [0.3, 0.4) is 0 Å². The number of amides is 1. The summed E-state index contributed by atoms with van der Waals surface area (Å²) in [7, 11) is 0. The molecule has 1 amide bonds. The van der Waals surface area contributed by atoms with Crippen LogP contribution in [0.1, 0.15) is 12.0 Å². The van der Waals surface area contributed by atoms with E-state index in [2.05, 4.69) is 15.0 Å². The highest BCUT2D eigenvalue weighted by molar-refractivity contribution is 5.90. The zero-order valence-electron chi connectivity index (χ0n) is 11.1. The molecule has 1 heterocycles. The molecule has 0 bridgehead atoms. The van der Waals surface area contributed by atoms with Gasteiger partial charge in [0, 0.05) is 24.5 Å². The summed E-state index contributed by atoms with van der Waals surface area (Å²) in [6, 6.07) is 9.65. The third-order valence-electron chi connectivity index (χ3n) is 2.75. The Morgan fingerprint density at radius 2 is 1.81 bits per heavy atom. The molecule has 0 spiro atoms. The fourth-order valence-electron chi connectivity index (χ4n) is 1.75. The van der Waals surface area contributed by atoms with Crippen molar-refractivity contribution in [1.29, 1.82) is 0 Å². The van der Waals surface area contributed by atoms with Crippen molar-refractivity contribution in [3.8, 4) is 5.75 Å². The molecule has 4 nitrogen and oxygen atoms in total. The van der Waals surface area contributed by atoms with Gasteiger partial charge < -0.3 is 10.1 Å². The number of carbonyl (C=O) groups excluding carboxylic acids is 1. The van der Waals surface area contributed by atoms with E-state index in [0.717, 1.165) is 5.56 Å². The summed E-state index contributed by atoms with van der Waals surface area (Å²) in [5.41, 5.74) is 1.57. The average Bonchev–Trinajstić information content (AvgIpc) is 2.47. The van der Waals surface area contributed by atoms with E-state index in [-0.39, 0.29) is 11.7 Å². The van der Waals surface area contributed by atoms with Gasteiger partial charge in [0.15, 0.2) is 0 Å². The van der Waals surface area contributed by atoms with E-state index in [1.54, 1.807) is 36.7 Å². The number of rotatable bonds is 6. The van der Waals surface area contributed by atoms with Gasteiger partial charge in [0.2, 0.25) is 5.91 Å². The zero-order valence-corrected chi connectivity index (χ0v) is 11.1. The Bertz CT molecular complexity index is 574. The van der Waals surface area contributed by atoms with E-state index in [1.165, 1.54) is 12.1 Å². The lowest BCUT2D eigenvalue weighted by atomic mass is 10.1. The average molecular weight is 292 g/mol. The predicted molar refractivity (Wildman–Crippen MR) is 74.3 cm³/mol. The Hall–Kier alpha value is -2.50. The van der Waals surface area contributed by atoms with Gasteiger partial charge in [0.1, 0.15) is 5.75 Å². The number of benzene rings is 1. The maximum Gasteiger partial charge on any atom is 0.387 e. The van der Waals surface area contributed by atoms with Crippen LogP contribution in [0.2, 0.25) is 0 Å². The molecule has 110 valence electrons. The summed E-state index contributed by atoms with van der Waals surface area (Å²) >= 11 is 0. The first-order valence-corrected chi connectivity index (χ1v) is 6.37. The van der Waals surface area contributed by atoms with Crippen molar-refractivity contribution in [3.05, 3.63) is 54.4 Å². The van der Waals surface area contributed by atoms with Crippen molar-refractivity contribution in [2.45, 2.75) is 19.5 Å². The van der Waals surface area contributed by atoms with Gasteiger partial charge in [-0.2, -0.15) is 8.78 Å². The number of nitrogens with one attached hydrogen (secondary N) is 1. The third kappa shape index (κ3) is 5.18. The van der Waals surface area contributed by atoms with Gasteiger partial charge in [0.05, 0.1) is 0 Å². The van der Waals surface area contributed by atoms with Crippen molar-refractivity contribution in [2.75, 3.05) is 5.32 Å². The standard InChI is InChI=1S/C15H14F2N2O2/c16-15(17)21-13-4-1-11(2-5-13)3-6-14(20)19-12-7-9-18-10-8-12/h1-2,4-5,7-10,15H,3,6H2,(H,18,19,20). The number of hydrogen-bond acceptors (Lipinski definition) is 3. The molecule has 6 heteroatoms. The molecular weight excluding hydrogens is 278 g/mol. The van der Waals surface area contributed by atoms with E-state index >= 15 is 0 Å². The van der Waals surface area contributed by atoms with Crippen LogP contribution in [-0.4, -0.2) is 17.5 Å². The largest absolute Gasteiger partial charge is 0.435 e. The minimum absolute atomic E-state index is 0.106. The molecule has 0 saturated carbocycles. The van der Waals surface area contributed by atoms with Gasteiger partial charge in [-0.05, 0) is 36.2 Å². The fourth-order valence-corrected chi connectivity index (χ4v) is 1.75. The van der Waals surface area contributed by atoms with E-state index in [1.807, 2.05) is 0 Å². The van der Waals surface area contributed by atoms with Crippen molar-refractivity contribution < 1.29 is 18.3 Å². The Balaban J connectivity index is 1.81. The number of nitrogens with zero attached hydrogens (tertiary/aromatic N) is 1. The lowest BCUT2D eigenvalue weighted by Crippen LogP contribution is -2.12. The number of hydrogen-bond donors (Lipinski definition) is 1. The van der Waals surface area contributed by atoms with Gasteiger partial charge in [-0.3, -0.25) is 9.78 Å². The number of carbonyl (C=O) groups is 1. The first-order chi connectivity index (χ1) is 10.1. The number of pyridine rings is 1. The third-order valence-corrected chi connectivity index (χ3v) is 2.75. The summed E-state index contributed by atoms with van der Waals surface area (Å²) in [5.74, 6) is -0.0101. The molecule has 0 unspecified atom stereocenters. The number of alkyl halides is 2. The molecule has 0 radical (unpaired) electrons. The van der Waals surface area contributed by atoms with E-state index < -0.39 is 6.61 Å². The Morgan fingerprint density at radius 3 is 2.43 bits per heavy atom. The molecule has 2 rings (SSSR count). The van der Waals surface area contributed by atoms with Crippen molar-refractivity contribution >= 4 is 11.6 Å². The number of aryl methyl sites for hydroxylation is 1. The predicted octanol–water partition coefficient (Wildman–Crippen LogP) is 3.25. The Labute approximate surface area is 120 Å². The summed E-state index contributed by atoms with van der Waals surface area (Å²) in [6.45, 7) is -2.83. The van der Waals surface area contributed by atoms with E-state index in [4.69, 9.17) is 0 Å². The van der Waals surface area contributed by atoms with E-state index in [0.29, 0.717) is 18.5 Å². The minimum Gasteiger partial charge on any atom is -0.435 e. The lowest BCUT2D eigenvalue weighted by molar-refractivity contribution is -0.116. The van der Waals surface area contributed by atoms with Crippen LogP contribution in [0.4, 0.5) is 14.5 Å². The molecule has 1 aromatic heterocycles. The molecule has 1 N–H and O–H groups in total. The van der Waals surface area contributed by atoms with Crippen LogP contribution in [0.15, 0.2) is 48.8 Å². The summed E-state index contributed by atoms with van der Waals surface area (Å²) in [6.07, 6.45) is 4.01. The number of ether oxygens (including phenoxy) is 1. The highest BCUT2D eigenvalue weighted by Gasteiger charge is 2.05. The minimum atomic E-state index is -2.83. The molecule has 0 saturated heterocycles. The lowest BCUT2D eigenvalue weighted by Gasteiger charge is -2.06. The number of halogens is 2. The number of aromatic nitrogens is 1. The topological polar surface area (TPSA) is 51.2 Å². The molecule has 0 aliphatic carbocycles. The highest BCUT2D eigenvalue weighted by Crippen LogP contribution is 2.16. The van der Waals surface area contributed by atoms with Gasteiger partial charge in [-0.25, -0.2) is 0 Å². The van der Waals surface area contributed by atoms with Gasteiger partial charge in [-0.1, -0.05) is 12.1 Å². The maximum absolute atomic E-state index is 12.0.